The van der Waals surface area contributed by atoms with Crippen molar-refractivity contribution >= 4 is 29.3 Å². The molecule has 0 saturated carbocycles. The summed E-state index contributed by atoms with van der Waals surface area (Å²) < 4.78 is 1.85. The average Bonchev–Trinajstić information content (AvgIpc) is 3.17. The zero-order chi connectivity index (χ0) is 23.7. The van der Waals surface area contributed by atoms with E-state index in [-0.39, 0.29) is 0 Å². The smallest absolute Gasteiger partial charge is 0.309 e. The van der Waals surface area contributed by atoms with Gasteiger partial charge >= 0.3 is 6.03 Å². The summed E-state index contributed by atoms with van der Waals surface area (Å²) in [6.45, 7) is 1.83. The molecular weight excluding hydrogens is 452 g/mol. The molecule has 34 heavy (non-hydrogen) atoms. The maximum atomic E-state index is 12.8. The lowest BCUT2D eigenvalue weighted by Gasteiger charge is -2.14. The van der Waals surface area contributed by atoms with Crippen LogP contribution in [-0.4, -0.2) is 32.4 Å². The number of aryl methyl sites for hydroxylation is 1. The molecule has 1 aliphatic rings. The number of hydrogen-bond donors (Lipinski definition) is 2. The van der Waals surface area contributed by atoms with Gasteiger partial charge in [0, 0.05) is 21.7 Å². The van der Waals surface area contributed by atoms with Crippen LogP contribution in [0.5, 0.6) is 0 Å². The molecule has 3 aromatic carbocycles. The highest BCUT2D eigenvalue weighted by molar-refractivity contribution is 6.30. The number of rotatable bonds is 3. The largest absolute Gasteiger partial charge is 0.323 e. The molecule has 0 spiro atoms. The van der Waals surface area contributed by atoms with E-state index in [1.54, 1.807) is 42.5 Å². The Morgan fingerprint density at radius 3 is 2.38 bits per heavy atom. The van der Waals surface area contributed by atoms with Gasteiger partial charge in [0.1, 0.15) is 5.82 Å². The van der Waals surface area contributed by atoms with E-state index in [2.05, 4.69) is 20.8 Å². The fourth-order valence-corrected chi connectivity index (χ4v) is 3.96. The van der Waals surface area contributed by atoms with Crippen molar-refractivity contribution < 1.29 is 9.59 Å². The van der Waals surface area contributed by atoms with Crippen LogP contribution in [0.2, 0.25) is 5.02 Å². The molecule has 0 bridgehead atoms. The van der Waals surface area contributed by atoms with E-state index < -0.39 is 18.1 Å². The number of para-hydroxylation sites is 1. The van der Waals surface area contributed by atoms with E-state index in [4.69, 9.17) is 16.6 Å². The number of fused-ring (bicyclic) bond motifs is 3. The Kier molecular flexibility index (Phi) is 5.65. The summed E-state index contributed by atoms with van der Waals surface area (Å²) in [6.07, 6.45) is -0.900. The maximum absolute atomic E-state index is 12.8. The predicted octanol–water partition coefficient (Wildman–Crippen LogP) is 4.22. The molecule has 1 unspecified atom stereocenters. The third-order valence-electron chi connectivity index (χ3n) is 5.40. The molecule has 9 heteroatoms. The molecule has 2 heterocycles. The number of urea groups is 1. The molecule has 0 saturated heterocycles. The van der Waals surface area contributed by atoms with Gasteiger partial charge in [-0.25, -0.2) is 4.79 Å². The summed E-state index contributed by atoms with van der Waals surface area (Å²) in [5.41, 5.74) is 3.52. The highest BCUT2D eigenvalue weighted by atomic mass is 35.5. The van der Waals surface area contributed by atoms with E-state index in [9.17, 15) is 9.59 Å². The SMILES string of the molecule is Cc1nnc2n1-c1ccccc1C(c1ccc(Cl)cc1)=NC2NC(=O)NC(=O)c1ccccc1. The monoisotopic (exact) mass is 470 g/mol. The summed E-state index contributed by atoms with van der Waals surface area (Å²) in [7, 11) is 0. The second-order valence-electron chi connectivity index (χ2n) is 7.64. The molecule has 5 rings (SSSR count). The van der Waals surface area contributed by atoms with Crippen molar-refractivity contribution in [3.05, 3.63) is 112 Å². The maximum Gasteiger partial charge on any atom is 0.323 e. The summed E-state index contributed by atoms with van der Waals surface area (Å²) in [5.74, 6) is 0.549. The Morgan fingerprint density at radius 2 is 1.62 bits per heavy atom. The summed E-state index contributed by atoms with van der Waals surface area (Å²) in [6, 6.07) is 22.8. The van der Waals surface area contributed by atoms with Crippen LogP contribution in [0.25, 0.3) is 5.69 Å². The number of benzene rings is 3. The Hall–Kier alpha value is -4.30. The number of aromatic nitrogens is 3. The number of aliphatic imine (C=N–C) groups is 1. The topological polar surface area (TPSA) is 101 Å². The van der Waals surface area contributed by atoms with Crippen molar-refractivity contribution in [2.45, 2.75) is 13.1 Å². The van der Waals surface area contributed by atoms with E-state index in [1.807, 2.05) is 47.9 Å². The fraction of sp³-hybridized carbons (Fsp3) is 0.0800. The first-order valence-corrected chi connectivity index (χ1v) is 10.9. The molecule has 2 N–H and O–H groups in total. The second-order valence-corrected chi connectivity index (χ2v) is 8.08. The Labute approximate surface area is 200 Å². The molecule has 1 aliphatic heterocycles. The first kappa shape index (κ1) is 21.5. The van der Waals surface area contributed by atoms with Crippen molar-refractivity contribution in [3.8, 4) is 5.69 Å². The van der Waals surface area contributed by atoms with E-state index in [1.165, 1.54) is 0 Å². The summed E-state index contributed by atoms with van der Waals surface area (Å²) in [4.78, 5) is 30.1. The number of carbonyl (C=O) groups is 2. The average molecular weight is 471 g/mol. The molecule has 1 atom stereocenters. The number of nitrogens with zero attached hydrogens (tertiary/aromatic N) is 4. The van der Waals surface area contributed by atoms with Crippen molar-refractivity contribution in [1.29, 1.82) is 0 Å². The first-order chi connectivity index (χ1) is 16.5. The third kappa shape index (κ3) is 4.06. The number of carbonyl (C=O) groups excluding carboxylic acids is 2. The zero-order valence-electron chi connectivity index (χ0n) is 18.1. The number of imide groups is 1. The van der Waals surface area contributed by atoms with Gasteiger partial charge in [-0.1, -0.05) is 60.1 Å². The molecule has 168 valence electrons. The molecule has 4 aromatic rings. The Balaban J connectivity index is 1.55. The van der Waals surface area contributed by atoms with Crippen LogP contribution in [0, 0.1) is 6.92 Å². The molecule has 8 nitrogen and oxygen atoms in total. The third-order valence-corrected chi connectivity index (χ3v) is 5.65. The number of halogens is 1. The van der Waals surface area contributed by atoms with Crippen LogP contribution in [0.3, 0.4) is 0 Å². The van der Waals surface area contributed by atoms with E-state index in [0.717, 1.165) is 16.8 Å². The van der Waals surface area contributed by atoms with Crippen LogP contribution in [0.1, 0.15) is 39.3 Å². The van der Waals surface area contributed by atoms with Crippen LogP contribution < -0.4 is 10.6 Å². The minimum absolute atomic E-state index is 0.371. The van der Waals surface area contributed by atoms with Gasteiger partial charge in [-0.3, -0.25) is 19.7 Å². The van der Waals surface area contributed by atoms with Gasteiger partial charge in [-0.05, 0) is 37.3 Å². The minimum atomic E-state index is -0.900. The van der Waals surface area contributed by atoms with Crippen molar-refractivity contribution in [2.75, 3.05) is 0 Å². The van der Waals surface area contributed by atoms with Crippen LogP contribution in [-0.2, 0) is 0 Å². The number of nitrogens with one attached hydrogen (secondary N) is 2. The van der Waals surface area contributed by atoms with Crippen LogP contribution in [0.15, 0.2) is 83.9 Å². The van der Waals surface area contributed by atoms with Gasteiger partial charge in [0.25, 0.3) is 5.91 Å². The standard InChI is InChI=1S/C25H19ClN6O2/c1-15-30-31-23-22(28-25(34)29-24(33)17-7-3-2-4-8-17)27-21(16-11-13-18(26)14-12-16)19-9-5-6-10-20(19)32(15)23/h2-14,22H,1H3,(H2,28,29,33,34). The lowest BCUT2D eigenvalue weighted by molar-refractivity contribution is 0.0963. The van der Waals surface area contributed by atoms with Gasteiger partial charge < -0.3 is 5.32 Å². The molecule has 0 aliphatic carbocycles. The fourth-order valence-electron chi connectivity index (χ4n) is 3.84. The number of hydrogen-bond acceptors (Lipinski definition) is 5. The molecule has 0 fully saturated rings. The van der Waals surface area contributed by atoms with Gasteiger partial charge in [0.05, 0.1) is 11.4 Å². The van der Waals surface area contributed by atoms with E-state index >= 15 is 0 Å². The minimum Gasteiger partial charge on any atom is -0.309 e. The molecule has 3 amide bonds. The first-order valence-electron chi connectivity index (χ1n) is 10.5. The molecule has 1 aromatic heterocycles. The normalized spacial score (nSPS) is 14.3. The Morgan fingerprint density at radius 1 is 0.912 bits per heavy atom. The lowest BCUT2D eigenvalue weighted by atomic mass is 10.0. The van der Waals surface area contributed by atoms with Gasteiger partial charge in [0.15, 0.2) is 12.0 Å². The number of amides is 3. The quantitative estimate of drug-likeness (QED) is 0.468. The molecule has 0 radical (unpaired) electrons. The summed E-state index contributed by atoms with van der Waals surface area (Å²) >= 11 is 6.10. The van der Waals surface area contributed by atoms with Crippen molar-refractivity contribution in [3.63, 3.8) is 0 Å². The van der Waals surface area contributed by atoms with E-state index in [0.29, 0.717) is 27.9 Å². The lowest BCUT2D eigenvalue weighted by Crippen LogP contribution is -2.41. The van der Waals surface area contributed by atoms with Crippen molar-refractivity contribution in [2.24, 2.45) is 4.99 Å². The van der Waals surface area contributed by atoms with Crippen molar-refractivity contribution in [1.82, 2.24) is 25.4 Å². The zero-order valence-corrected chi connectivity index (χ0v) is 18.8. The van der Waals surface area contributed by atoms with Crippen LogP contribution in [0.4, 0.5) is 4.79 Å². The van der Waals surface area contributed by atoms with Gasteiger partial charge in [0.2, 0.25) is 0 Å². The highest BCUT2D eigenvalue weighted by Crippen LogP contribution is 2.30. The highest BCUT2D eigenvalue weighted by Gasteiger charge is 2.29. The Bertz CT molecular complexity index is 1410. The van der Waals surface area contributed by atoms with Crippen LogP contribution >= 0.6 is 11.6 Å². The van der Waals surface area contributed by atoms with Gasteiger partial charge in [-0.2, -0.15) is 0 Å². The second kappa shape index (κ2) is 8.92. The predicted molar refractivity (Wildman–Crippen MR) is 128 cm³/mol. The summed E-state index contributed by atoms with van der Waals surface area (Å²) in [5, 5.41) is 14.2. The molecular formula is C25H19ClN6O2. The van der Waals surface area contributed by atoms with Gasteiger partial charge in [-0.15, -0.1) is 10.2 Å².